The highest BCUT2D eigenvalue weighted by Gasteiger charge is 2.16. The Morgan fingerprint density at radius 3 is 1.32 bits per heavy atom. The molecule has 0 spiro atoms. The number of methoxy groups -OCH3 is 4. The fourth-order valence-electron chi connectivity index (χ4n) is 2.86. The van der Waals surface area contributed by atoms with Gasteiger partial charge in [0.15, 0.2) is 0 Å². The van der Waals surface area contributed by atoms with Gasteiger partial charge in [-0.3, -0.25) is 9.80 Å². The van der Waals surface area contributed by atoms with E-state index in [9.17, 15) is 5.11 Å². The number of aromatic hydroxyl groups is 1. The van der Waals surface area contributed by atoms with Crippen molar-refractivity contribution >= 4 is 11.6 Å². The van der Waals surface area contributed by atoms with Crippen LogP contribution in [-0.2, 0) is 32.0 Å². The molecule has 0 amide bonds. The van der Waals surface area contributed by atoms with E-state index < -0.39 is 0 Å². The van der Waals surface area contributed by atoms with Crippen molar-refractivity contribution in [1.29, 1.82) is 0 Å². The van der Waals surface area contributed by atoms with Gasteiger partial charge in [-0.15, -0.1) is 0 Å². The van der Waals surface area contributed by atoms with Crippen LogP contribution in [0.15, 0.2) is 12.1 Å². The molecule has 1 aromatic carbocycles. The minimum absolute atomic E-state index is 0.282. The molecule has 0 radical (unpaired) electrons. The largest absolute Gasteiger partial charge is 0.507 e. The number of ether oxygens (including phenoxy) is 4. The van der Waals surface area contributed by atoms with Crippen LogP contribution in [0.25, 0.3) is 0 Å². The van der Waals surface area contributed by atoms with Crippen molar-refractivity contribution in [3.05, 3.63) is 28.3 Å². The van der Waals surface area contributed by atoms with E-state index in [2.05, 4.69) is 9.80 Å². The highest BCUT2D eigenvalue weighted by Crippen LogP contribution is 2.29. The van der Waals surface area contributed by atoms with E-state index in [1.807, 2.05) is 12.1 Å². The van der Waals surface area contributed by atoms with E-state index in [1.165, 1.54) is 0 Å². The average Bonchev–Trinajstić information content (AvgIpc) is 2.69. The number of halogens is 1. The topological polar surface area (TPSA) is 63.6 Å². The van der Waals surface area contributed by atoms with E-state index >= 15 is 0 Å². The number of phenols is 1. The van der Waals surface area contributed by atoms with Gasteiger partial charge < -0.3 is 24.1 Å². The summed E-state index contributed by atoms with van der Waals surface area (Å²) in [5.41, 5.74) is 1.60. The lowest BCUT2D eigenvalue weighted by Crippen LogP contribution is -2.31. The molecule has 0 atom stereocenters. The van der Waals surface area contributed by atoms with Crippen LogP contribution in [0.4, 0.5) is 0 Å². The zero-order chi connectivity index (χ0) is 20.8. The Morgan fingerprint density at radius 2 is 1.04 bits per heavy atom. The molecule has 28 heavy (non-hydrogen) atoms. The smallest absolute Gasteiger partial charge is 0.124 e. The van der Waals surface area contributed by atoms with Crippen molar-refractivity contribution in [2.75, 3.05) is 81.0 Å². The third-order valence-corrected chi connectivity index (χ3v) is 4.69. The normalized spacial score (nSPS) is 11.7. The lowest BCUT2D eigenvalue weighted by atomic mass is 10.1. The number of hydrogen-bond acceptors (Lipinski definition) is 7. The van der Waals surface area contributed by atoms with E-state index in [-0.39, 0.29) is 5.75 Å². The molecule has 0 heterocycles. The van der Waals surface area contributed by atoms with Crippen LogP contribution in [0.3, 0.4) is 0 Å². The first kappa shape index (κ1) is 25.1. The fraction of sp³-hybridized carbons (Fsp3) is 0.700. The minimum atomic E-state index is 0.282. The molecular formula is C20H35ClN2O5. The zero-order valence-corrected chi connectivity index (χ0v) is 18.3. The van der Waals surface area contributed by atoms with Crippen LogP contribution in [0.5, 0.6) is 5.75 Å². The summed E-state index contributed by atoms with van der Waals surface area (Å²) in [6.45, 7) is 6.57. The summed E-state index contributed by atoms with van der Waals surface area (Å²) >= 11 is 6.36. The lowest BCUT2D eigenvalue weighted by molar-refractivity contribution is 0.108. The highest BCUT2D eigenvalue weighted by molar-refractivity contribution is 6.30. The Bertz CT molecular complexity index is 488. The van der Waals surface area contributed by atoms with Crippen LogP contribution < -0.4 is 0 Å². The summed E-state index contributed by atoms with van der Waals surface area (Å²) in [4.78, 5) is 4.35. The molecule has 0 fully saturated rings. The number of nitrogens with zero attached hydrogens (tertiary/aromatic N) is 2. The quantitative estimate of drug-likeness (QED) is 0.441. The summed E-state index contributed by atoms with van der Waals surface area (Å²) in [6, 6.07) is 3.64. The summed E-state index contributed by atoms with van der Waals surface area (Å²) in [7, 11) is 6.71. The third kappa shape index (κ3) is 9.52. The van der Waals surface area contributed by atoms with Gasteiger partial charge in [-0.2, -0.15) is 0 Å². The van der Waals surface area contributed by atoms with Crippen molar-refractivity contribution in [2.24, 2.45) is 0 Å². The Hall–Kier alpha value is -0.930. The van der Waals surface area contributed by atoms with Crippen molar-refractivity contribution in [1.82, 2.24) is 9.80 Å². The number of hydrogen-bond donors (Lipinski definition) is 1. The molecule has 162 valence electrons. The van der Waals surface area contributed by atoms with Gasteiger partial charge >= 0.3 is 0 Å². The minimum Gasteiger partial charge on any atom is -0.507 e. The van der Waals surface area contributed by atoms with Gasteiger partial charge in [-0.25, -0.2) is 0 Å². The molecule has 0 saturated carbocycles. The number of benzene rings is 1. The number of rotatable bonds is 16. The monoisotopic (exact) mass is 418 g/mol. The van der Waals surface area contributed by atoms with Crippen molar-refractivity contribution < 1.29 is 24.1 Å². The predicted octanol–water partition coefficient (Wildman–Crippen LogP) is 2.24. The first-order valence-electron chi connectivity index (χ1n) is 9.46. The maximum absolute atomic E-state index is 10.9. The van der Waals surface area contributed by atoms with Crippen LogP contribution in [0, 0.1) is 0 Å². The maximum atomic E-state index is 10.9. The van der Waals surface area contributed by atoms with Crippen LogP contribution >= 0.6 is 11.6 Å². The Labute approximate surface area is 174 Å². The van der Waals surface area contributed by atoms with Crippen LogP contribution in [0.2, 0.25) is 5.02 Å². The Balaban J connectivity index is 2.94. The second-order valence-electron chi connectivity index (χ2n) is 6.60. The summed E-state index contributed by atoms with van der Waals surface area (Å²) < 4.78 is 20.8. The molecule has 8 heteroatoms. The molecule has 0 bridgehead atoms. The van der Waals surface area contributed by atoms with E-state index in [0.29, 0.717) is 44.5 Å². The van der Waals surface area contributed by atoms with E-state index in [0.717, 1.165) is 37.3 Å². The SMILES string of the molecule is COCCN(CCOC)Cc1cc(Cl)cc(CN(CCOC)CCOC)c1O. The maximum Gasteiger partial charge on any atom is 0.124 e. The van der Waals surface area contributed by atoms with Crippen molar-refractivity contribution in [3.8, 4) is 5.75 Å². The molecule has 1 aromatic rings. The van der Waals surface area contributed by atoms with Crippen molar-refractivity contribution in [3.63, 3.8) is 0 Å². The van der Waals surface area contributed by atoms with Crippen LogP contribution in [0.1, 0.15) is 11.1 Å². The molecule has 1 rings (SSSR count). The molecule has 0 aliphatic carbocycles. The number of phenolic OH excluding ortho intramolecular Hbond substituents is 1. The standard InChI is InChI=1S/C20H35ClN2O5/c1-25-9-5-22(6-10-26-2)15-17-13-19(21)14-18(20(17)24)16-23(7-11-27-3)8-12-28-4/h13-14,24H,5-12,15-16H2,1-4H3. The molecule has 0 aromatic heterocycles. The molecule has 1 N–H and O–H groups in total. The summed E-state index contributed by atoms with van der Waals surface area (Å²) in [6.07, 6.45) is 0. The van der Waals surface area contributed by atoms with Gasteiger partial charge in [-0.05, 0) is 12.1 Å². The molecule has 0 unspecified atom stereocenters. The van der Waals surface area contributed by atoms with Crippen molar-refractivity contribution in [2.45, 2.75) is 13.1 Å². The molecular weight excluding hydrogens is 384 g/mol. The predicted molar refractivity (Wildman–Crippen MR) is 111 cm³/mol. The average molecular weight is 419 g/mol. The van der Waals surface area contributed by atoms with E-state index in [4.69, 9.17) is 30.5 Å². The molecule has 0 aliphatic heterocycles. The van der Waals surface area contributed by atoms with Gasteiger partial charge in [0.1, 0.15) is 5.75 Å². The Kier molecular flexibility index (Phi) is 13.4. The van der Waals surface area contributed by atoms with Gasteiger partial charge in [0.05, 0.1) is 26.4 Å². The fourth-order valence-corrected chi connectivity index (χ4v) is 3.13. The van der Waals surface area contributed by atoms with Gasteiger partial charge in [0.25, 0.3) is 0 Å². The Morgan fingerprint density at radius 1 is 0.714 bits per heavy atom. The van der Waals surface area contributed by atoms with Gasteiger partial charge in [0.2, 0.25) is 0 Å². The highest BCUT2D eigenvalue weighted by atomic mass is 35.5. The first-order valence-corrected chi connectivity index (χ1v) is 9.84. The second kappa shape index (κ2) is 15.0. The third-order valence-electron chi connectivity index (χ3n) is 4.47. The molecule has 0 saturated heterocycles. The van der Waals surface area contributed by atoms with Gasteiger partial charge in [0, 0.05) is 83.9 Å². The van der Waals surface area contributed by atoms with Crippen LogP contribution in [-0.4, -0.2) is 96.0 Å². The lowest BCUT2D eigenvalue weighted by Gasteiger charge is -2.25. The summed E-state index contributed by atoms with van der Waals surface area (Å²) in [5.74, 6) is 0.282. The molecule has 0 aliphatic rings. The first-order chi connectivity index (χ1) is 13.5. The van der Waals surface area contributed by atoms with E-state index in [1.54, 1.807) is 28.4 Å². The van der Waals surface area contributed by atoms with Gasteiger partial charge in [-0.1, -0.05) is 11.6 Å². The zero-order valence-electron chi connectivity index (χ0n) is 17.6. The molecule has 7 nitrogen and oxygen atoms in total. The summed E-state index contributed by atoms with van der Waals surface area (Å²) in [5, 5.41) is 11.5. The second-order valence-corrected chi connectivity index (χ2v) is 7.03.